The van der Waals surface area contributed by atoms with Crippen molar-refractivity contribution in [1.82, 2.24) is 9.97 Å². The fraction of sp³-hybridized carbons (Fsp3) is 0.174. The summed E-state index contributed by atoms with van der Waals surface area (Å²) in [7, 11) is 0. The van der Waals surface area contributed by atoms with Crippen molar-refractivity contribution >= 4 is 28.5 Å². The minimum Gasteiger partial charge on any atom is -0.436 e. The van der Waals surface area contributed by atoms with Gasteiger partial charge in [0.1, 0.15) is 11.3 Å². The highest BCUT2D eigenvalue weighted by atomic mass is 16.3. The molecule has 5 rings (SSSR count). The number of pyridine rings is 1. The van der Waals surface area contributed by atoms with Gasteiger partial charge in [0.2, 0.25) is 5.89 Å². The Bertz CT molecular complexity index is 1130. The third-order valence-corrected chi connectivity index (χ3v) is 5.12. The van der Waals surface area contributed by atoms with E-state index in [1.165, 1.54) is 0 Å². The first kappa shape index (κ1) is 17.4. The van der Waals surface area contributed by atoms with Crippen molar-refractivity contribution in [2.24, 2.45) is 0 Å². The van der Waals surface area contributed by atoms with Gasteiger partial charge in [0.25, 0.3) is 5.91 Å². The maximum Gasteiger partial charge on any atom is 0.259 e. The van der Waals surface area contributed by atoms with Gasteiger partial charge in [-0.2, -0.15) is 0 Å². The van der Waals surface area contributed by atoms with E-state index in [9.17, 15) is 4.79 Å². The number of para-hydroxylation sites is 2. The minimum atomic E-state index is -0.158. The zero-order chi connectivity index (χ0) is 19.6. The molecule has 4 aromatic rings. The van der Waals surface area contributed by atoms with Gasteiger partial charge in [-0.3, -0.25) is 4.79 Å². The molecule has 0 radical (unpaired) electrons. The number of hydrogen-bond donors (Lipinski definition) is 1. The topological polar surface area (TPSA) is 71.3 Å². The van der Waals surface area contributed by atoms with Crippen LogP contribution >= 0.6 is 0 Å². The first-order valence-electron chi connectivity index (χ1n) is 9.75. The molecule has 1 saturated heterocycles. The summed E-state index contributed by atoms with van der Waals surface area (Å²) in [5.74, 6) is 1.16. The minimum absolute atomic E-state index is 0.158. The van der Waals surface area contributed by atoms with Crippen molar-refractivity contribution in [1.29, 1.82) is 0 Å². The number of nitrogens with zero attached hydrogens (tertiary/aromatic N) is 3. The highest BCUT2D eigenvalue weighted by Crippen LogP contribution is 2.26. The summed E-state index contributed by atoms with van der Waals surface area (Å²) in [6.45, 7) is 1.88. The lowest BCUT2D eigenvalue weighted by atomic mass is 10.2. The molecule has 1 fully saturated rings. The van der Waals surface area contributed by atoms with Crippen molar-refractivity contribution in [3.05, 3.63) is 72.4 Å². The van der Waals surface area contributed by atoms with E-state index < -0.39 is 0 Å². The van der Waals surface area contributed by atoms with Crippen molar-refractivity contribution in [2.75, 3.05) is 23.3 Å². The Morgan fingerprint density at radius 3 is 2.55 bits per heavy atom. The van der Waals surface area contributed by atoms with Gasteiger partial charge in [-0.05, 0) is 61.4 Å². The molecule has 0 atom stereocenters. The van der Waals surface area contributed by atoms with E-state index in [1.54, 1.807) is 12.3 Å². The number of anilines is 2. The van der Waals surface area contributed by atoms with E-state index in [1.807, 2.05) is 54.6 Å². The van der Waals surface area contributed by atoms with Crippen LogP contribution in [0.3, 0.4) is 0 Å². The lowest BCUT2D eigenvalue weighted by Crippen LogP contribution is -2.24. The number of aromatic nitrogens is 2. The van der Waals surface area contributed by atoms with Gasteiger partial charge < -0.3 is 14.6 Å². The predicted molar refractivity (Wildman–Crippen MR) is 113 cm³/mol. The number of hydrogen-bond acceptors (Lipinski definition) is 5. The molecule has 144 valence electrons. The summed E-state index contributed by atoms with van der Waals surface area (Å²) < 4.78 is 5.80. The number of amides is 1. The average molecular weight is 384 g/mol. The zero-order valence-corrected chi connectivity index (χ0v) is 15.8. The zero-order valence-electron chi connectivity index (χ0n) is 15.8. The van der Waals surface area contributed by atoms with Crippen LogP contribution in [0.2, 0.25) is 0 Å². The van der Waals surface area contributed by atoms with Gasteiger partial charge in [0.15, 0.2) is 5.58 Å². The Balaban J connectivity index is 1.35. The molecule has 29 heavy (non-hydrogen) atoms. The van der Waals surface area contributed by atoms with Crippen LogP contribution in [0.15, 0.2) is 71.3 Å². The molecule has 1 amide bonds. The summed E-state index contributed by atoms with van der Waals surface area (Å²) in [5.41, 5.74) is 3.75. The smallest absolute Gasteiger partial charge is 0.259 e. The normalized spacial score (nSPS) is 13.7. The fourth-order valence-corrected chi connectivity index (χ4v) is 3.65. The number of carbonyl (C=O) groups is 1. The molecule has 2 aromatic heterocycles. The molecule has 0 aliphatic carbocycles. The summed E-state index contributed by atoms with van der Waals surface area (Å²) in [5, 5.41) is 2.97. The predicted octanol–water partition coefficient (Wildman–Crippen LogP) is 4.74. The highest BCUT2D eigenvalue weighted by molar-refractivity contribution is 6.07. The van der Waals surface area contributed by atoms with E-state index >= 15 is 0 Å². The number of fused-ring (bicyclic) bond motifs is 1. The van der Waals surface area contributed by atoms with E-state index in [0.29, 0.717) is 17.1 Å². The van der Waals surface area contributed by atoms with E-state index in [-0.39, 0.29) is 5.91 Å². The van der Waals surface area contributed by atoms with Crippen LogP contribution in [0.1, 0.15) is 23.2 Å². The SMILES string of the molecule is O=C(Nc1ccc(-c2nc3ccccc3o2)cc1)c1cccnc1N1CCCC1. The van der Waals surface area contributed by atoms with Crippen LogP contribution in [0.5, 0.6) is 0 Å². The molecule has 0 saturated carbocycles. The van der Waals surface area contributed by atoms with Crippen LogP contribution in [-0.2, 0) is 0 Å². The first-order valence-corrected chi connectivity index (χ1v) is 9.75. The van der Waals surface area contributed by atoms with Crippen molar-refractivity contribution in [3.8, 4) is 11.5 Å². The third-order valence-electron chi connectivity index (χ3n) is 5.12. The van der Waals surface area contributed by atoms with E-state index in [0.717, 1.165) is 48.4 Å². The lowest BCUT2D eigenvalue weighted by molar-refractivity contribution is 0.102. The van der Waals surface area contributed by atoms with Crippen LogP contribution in [0.4, 0.5) is 11.5 Å². The third kappa shape index (κ3) is 3.45. The Labute approximate surface area is 168 Å². The lowest BCUT2D eigenvalue weighted by Gasteiger charge is -2.19. The fourth-order valence-electron chi connectivity index (χ4n) is 3.65. The van der Waals surface area contributed by atoms with Crippen molar-refractivity contribution < 1.29 is 9.21 Å². The number of nitrogens with one attached hydrogen (secondary N) is 1. The maximum atomic E-state index is 12.9. The standard InChI is InChI=1S/C23H20N4O2/c28-22(18-6-5-13-24-21(18)27-14-3-4-15-27)25-17-11-9-16(10-12-17)23-26-19-7-1-2-8-20(19)29-23/h1-2,5-13H,3-4,14-15H2,(H,25,28). The van der Waals surface area contributed by atoms with Crippen LogP contribution in [0, 0.1) is 0 Å². The molecule has 0 spiro atoms. The molecular weight excluding hydrogens is 364 g/mol. The van der Waals surface area contributed by atoms with Crippen molar-refractivity contribution in [3.63, 3.8) is 0 Å². The summed E-state index contributed by atoms with van der Waals surface area (Å²) in [4.78, 5) is 24.0. The van der Waals surface area contributed by atoms with Gasteiger partial charge in [0, 0.05) is 30.5 Å². The monoisotopic (exact) mass is 384 g/mol. The molecule has 0 bridgehead atoms. The quantitative estimate of drug-likeness (QED) is 0.550. The highest BCUT2D eigenvalue weighted by Gasteiger charge is 2.20. The number of rotatable bonds is 4. The molecule has 6 heteroatoms. The maximum absolute atomic E-state index is 12.9. The summed E-state index contributed by atoms with van der Waals surface area (Å²) in [6.07, 6.45) is 4.00. The van der Waals surface area contributed by atoms with E-state index in [4.69, 9.17) is 4.42 Å². The second kappa shape index (κ2) is 7.39. The van der Waals surface area contributed by atoms with Gasteiger partial charge in [0.05, 0.1) is 5.56 Å². The molecule has 3 heterocycles. The molecule has 1 N–H and O–H groups in total. The molecule has 1 aliphatic rings. The van der Waals surface area contributed by atoms with Gasteiger partial charge in [-0.25, -0.2) is 9.97 Å². The van der Waals surface area contributed by atoms with E-state index in [2.05, 4.69) is 20.2 Å². The second-order valence-electron chi connectivity index (χ2n) is 7.09. The number of carbonyl (C=O) groups excluding carboxylic acids is 1. The largest absolute Gasteiger partial charge is 0.436 e. The van der Waals surface area contributed by atoms with Crippen LogP contribution < -0.4 is 10.2 Å². The molecule has 2 aromatic carbocycles. The molecule has 1 aliphatic heterocycles. The van der Waals surface area contributed by atoms with Crippen molar-refractivity contribution in [2.45, 2.75) is 12.8 Å². The van der Waals surface area contributed by atoms with Gasteiger partial charge in [-0.15, -0.1) is 0 Å². The number of benzene rings is 2. The summed E-state index contributed by atoms with van der Waals surface area (Å²) >= 11 is 0. The Morgan fingerprint density at radius 2 is 1.76 bits per heavy atom. The molecular formula is C23H20N4O2. The number of oxazole rings is 1. The summed E-state index contributed by atoms with van der Waals surface area (Å²) in [6, 6.07) is 18.8. The van der Waals surface area contributed by atoms with Crippen LogP contribution in [-0.4, -0.2) is 29.0 Å². The van der Waals surface area contributed by atoms with Gasteiger partial charge >= 0.3 is 0 Å². The Hall–Kier alpha value is -3.67. The second-order valence-corrected chi connectivity index (χ2v) is 7.09. The molecule has 0 unspecified atom stereocenters. The Kier molecular flexibility index (Phi) is 4.44. The average Bonchev–Trinajstić information content (AvgIpc) is 3.44. The molecule has 6 nitrogen and oxygen atoms in total. The van der Waals surface area contributed by atoms with Crippen LogP contribution in [0.25, 0.3) is 22.6 Å². The first-order chi connectivity index (χ1) is 14.3. The van der Waals surface area contributed by atoms with Gasteiger partial charge in [-0.1, -0.05) is 12.1 Å². The Morgan fingerprint density at radius 1 is 0.966 bits per heavy atom.